The quantitative estimate of drug-likeness (QED) is 0.199. The average Bonchev–Trinajstić information content (AvgIpc) is 3.24. The van der Waals surface area contributed by atoms with Gasteiger partial charge >= 0.3 is 5.97 Å². The summed E-state index contributed by atoms with van der Waals surface area (Å²) in [5.41, 5.74) is 7.22. The topological polar surface area (TPSA) is 97.6 Å². The van der Waals surface area contributed by atoms with E-state index in [1.165, 1.54) is 60.4 Å². The number of Topliss-reactive ketones (excluding diaryl/α,β-unsaturated/α-hetero) is 1. The van der Waals surface area contributed by atoms with E-state index >= 15 is 0 Å². The van der Waals surface area contributed by atoms with Crippen molar-refractivity contribution in [3.8, 4) is 17.0 Å². The standard InChI is InChI=1S/C39H40N2O5/c1-25-8-15-31-33(22-25)46-21-20-41-32-24-29(14-16-30(32)36(37(31)41)28-6-3-2-4-7-28)38(45)40-39(18-5-19-39)34(42)23-27-11-9-26(10-12-27)13-17-35(43)44/h8-17,22,24,28H,2-7,18-21,23H2,1H3,(H,40,45)(H,43,44)/b17-13+. The Hall–Kier alpha value is -4.65. The third-order valence-electron chi connectivity index (χ3n) is 10.2. The number of amides is 1. The first-order valence-electron chi connectivity index (χ1n) is 16.6. The lowest BCUT2D eigenvalue weighted by Crippen LogP contribution is -2.59. The van der Waals surface area contributed by atoms with Crippen LogP contribution in [0.3, 0.4) is 0 Å². The minimum absolute atomic E-state index is 0.00203. The maximum atomic E-state index is 13.9. The number of carboxylic acids is 1. The second-order valence-corrected chi connectivity index (χ2v) is 13.2. The van der Waals surface area contributed by atoms with Crippen molar-refractivity contribution in [2.45, 2.75) is 82.7 Å². The highest BCUT2D eigenvalue weighted by Gasteiger charge is 2.45. The van der Waals surface area contributed by atoms with Crippen molar-refractivity contribution in [1.82, 2.24) is 9.88 Å². The fourth-order valence-corrected chi connectivity index (χ4v) is 7.60. The monoisotopic (exact) mass is 616 g/mol. The van der Waals surface area contributed by atoms with Gasteiger partial charge in [-0.25, -0.2) is 4.79 Å². The predicted octanol–water partition coefficient (Wildman–Crippen LogP) is 7.62. The minimum Gasteiger partial charge on any atom is -0.491 e. The van der Waals surface area contributed by atoms with Crippen molar-refractivity contribution >= 4 is 34.6 Å². The summed E-state index contributed by atoms with van der Waals surface area (Å²) >= 11 is 0. The number of nitrogens with zero attached hydrogens (tertiary/aromatic N) is 1. The third kappa shape index (κ3) is 5.63. The number of aromatic nitrogens is 1. The molecule has 1 aromatic heterocycles. The molecule has 2 fully saturated rings. The van der Waals surface area contributed by atoms with E-state index in [2.05, 4.69) is 41.1 Å². The molecule has 2 N–H and O–H groups in total. The molecule has 2 heterocycles. The molecular formula is C39H40N2O5. The summed E-state index contributed by atoms with van der Waals surface area (Å²) in [6.45, 7) is 3.35. The average molecular weight is 617 g/mol. The number of hydrogen-bond donors (Lipinski definition) is 2. The van der Waals surface area contributed by atoms with Crippen molar-refractivity contribution < 1.29 is 24.2 Å². The van der Waals surface area contributed by atoms with Gasteiger partial charge in [0.2, 0.25) is 0 Å². The molecule has 0 atom stereocenters. The fourth-order valence-electron chi connectivity index (χ4n) is 7.60. The van der Waals surface area contributed by atoms with Gasteiger partial charge in [0.25, 0.3) is 5.91 Å². The third-order valence-corrected chi connectivity index (χ3v) is 10.2. The van der Waals surface area contributed by atoms with E-state index in [9.17, 15) is 14.4 Å². The molecule has 2 aliphatic carbocycles. The lowest BCUT2D eigenvalue weighted by molar-refractivity contribution is -0.131. The maximum Gasteiger partial charge on any atom is 0.328 e. The largest absolute Gasteiger partial charge is 0.491 e. The number of aliphatic carboxylic acids is 1. The number of rotatable bonds is 8. The van der Waals surface area contributed by atoms with Gasteiger partial charge in [0.1, 0.15) is 12.4 Å². The number of ether oxygens (including phenoxy) is 1. The van der Waals surface area contributed by atoms with Crippen LogP contribution in [0.4, 0.5) is 0 Å². The predicted molar refractivity (Wildman–Crippen MR) is 179 cm³/mol. The minimum atomic E-state index is -1.01. The van der Waals surface area contributed by atoms with E-state index < -0.39 is 11.5 Å². The number of nitrogens with one attached hydrogen (secondary N) is 1. The van der Waals surface area contributed by atoms with Gasteiger partial charge < -0.3 is 19.7 Å². The second-order valence-electron chi connectivity index (χ2n) is 13.2. The molecule has 0 saturated heterocycles. The zero-order valence-corrected chi connectivity index (χ0v) is 26.3. The molecule has 7 heteroatoms. The Balaban J connectivity index is 1.19. The fraction of sp³-hybridized carbons (Fsp3) is 0.359. The van der Waals surface area contributed by atoms with Crippen molar-refractivity contribution in [1.29, 1.82) is 0 Å². The molecule has 0 unspecified atom stereocenters. The molecule has 46 heavy (non-hydrogen) atoms. The van der Waals surface area contributed by atoms with Gasteiger partial charge in [-0.1, -0.05) is 55.7 Å². The number of ketones is 1. The van der Waals surface area contributed by atoms with Crippen molar-refractivity contribution in [3.63, 3.8) is 0 Å². The van der Waals surface area contributed by atoms with Crippen LogP contribution in [-0.4, -0.2) is 39.5 Å². The number of benzene rings is 3. The van der Waals surface area contributed by atoms with Gasteiger partial charge in [-0.2, -0.15) is 0 Å². The van der Waals surface area contributed by atoms with Gasteiger partial charge in [0.05, 0.1) is 17.8 Å². The van der Waals surface area contributed by atoms with Gasteiger partial charge in [-0.15, -0.1) is 0 Å². The molecule has 3 aromatic carbocycles. The van der Waals surface area contributed by atoms with Crippen LogP contribution in [0.25, 0.3) is 28.2 Å². The Bertz CT molecular complexity index is 1860. The highest BCUT2D eigenvalue weighted by atomic mass is 16.5. The van der Waals surface area contributed by atoms with Crippen molar-refractivity contribution in [3.05, 3.63) is 94.6 Å². The van der Waals surface area contributed by atoms with Gasteiger partial charge in [-0.3, -0.25) is 9.59 Å². The van der Waals surface area contributed by atoms with Gasteiger partial charge in [0, 0.05) is 34.5 Å². The Kier molecular flexibility index (Phi) is 8.01. The van der Waals surface area contributed by atoms with Crippen LogP contribution in [0.1, 0.15) is 89.9 Å². The van der Waals surface area contributed by atoms with Crippen LogP contribution in [0.2, 0.25) is 0 Å². The first kappa shape index (κ1) is 30.0. The smallest absolute Gasteiger partial charge is 0.328 e. The number of hydrogen-bond acceptors (Lipinski definition) is 4. The molecule has 7 nitrogen and oxygen atoms in total. The summed E-state index contributed by atoms with van der Waals surface area (Å²) in [5.74, 6) is 0.167. The maximum absolute atomic E-state index is 13.9. The van der Waals surface area contributed by atoms with Crippen LogP contribution in [0.15, 0.2) is 66.7 Å². The van der Waals surface area contributed by atoms with E-state index in [4.69, 9.17) is 9.84 Å². The summed E-state index contributed by atoms with van der Waals surface area (Å²) in [7, 11) is 0. The lowest BCUT2D eigenvalue weighted by Gasteiger charge is -2.41. The molecule has 1 amide bonds. The summed E-state index contributed by atoms with van der Waals surface area (Å²) in [6, 6.07) is 19.8. The van der Waals surface area contributed by atoms with Crippen LogP contribution in [0.5, 0.6) is 5.75 Å². The zero-order valence-electron chi connectivity index (χ0n) is 26.3. The summed E-state index contributed by atoms with van der Waals surface area (Å²) < 4.78 is 8.62. The Morgan fingerprint density at radius 3 is 2.48 bits per heavy atom. The Morgan fingerprint density at radius 2 is 1.76 bits per heavy atom. The highest BCUT2D eigenvalue weighted by Crippen LogP contribution is 2.47. The van der Waals surface area contributed by atoms with E-state index in [1.807, 2.05) is 24.3 Å². The van der Waals surface area contributed by atoms with Crippen molar-refractivity contribution in [2.24, 2.45) is 0 Å². The van der Waals surface area contributed by atoms with Crippen LogP contribution in [0, 0.1) is 6.92 Å². The van der Waals surface area contributed by atoms with Crippen LogP contribution in [-0.2, 0) is 22.6 Å². The number of fused-ring (bicyclic) bond motifs is 5. The Morgan fingerprint density at radius 1 is 0.978 bits per heavy atom. The normalized spacial score (nSPS) is 17.4. The van der Waals surface area contributed by atoms with E-state index in [0.29, 0.717) is 37.5 Å². The first-order valence-corrected chi connectivity index (χ1v) is 16.6. The van der Waals surface area contributed by atoms with Crippen LogP contribution < -0.4 is 10.1 Å². The SMILES string of the molecule is Cc1ccc2c(c1)OCCn1c-2c(C2CCCCC2)c2ccc(C(=O)NC3(C(=O)Cc4ccc(/C=C/C(=O)O)cc4)CCC3)cc21. The van der Waals surface area contributed by atoms with Gasteiger partial charge in [-0.05, 0) is 97.5 Å². The Labute approximate surface area is 269 Å². The molecule has 1 aliphatic heterocycles. The van der Waals surface area contributed by atoms with E-state index in [-0.39, 0.29) is 18.1 Å². The summed E-state index contributed by atoms with van der Waals surface area (Å²) in [5, 5.41) is 13.2. The first-order chi connectivity index (χ1) is 22.3. The highest BCUT2D eigenvalue weighted by molar-refractivity contribution is 6.04. The zero-order chi connectivity index (χ0) is 31.8. The molecule has 3 aliphatic rings. The molecule has 7 rings (SSSR count). The number of carbonyl (C=O) groups excluding carboxylic acids is 2. The number of carbonyl (C=O) groups is 3. The summed E-state index contributed by atoms with van der Waals surface area (Å²) in [4.78, 5) is 38.3. The molecule has 4 aromatic rings. The number of aryl methyl sites for hydroxylation is 1. The van der Waals surface area contributed by atoms with E-state index in [0.717, 1.165) is 40.5 Å². The number of carboxylic acid groups (broad SMARTS) is 1. The molecule has 0 radical (unpaired) electrons. The lowest BCUT2D eigenvalue weighted by atomic mass is 9.72. The molecular weight excluding hydrogens is 576 g/mol. The van der Waals surface area contributed by atoms with Crippen LogP contribution >= 0.6 is 0 Å². The van der Waals surface area contributed by atoms with Gasteiger partial charge in [0.15, 0.2) is 5.78 Å². The molecule has 0 spiro atoms. The molecule has 2 saturated carbocycles. The summed E-state index contributed by atoms with van der Waals surface area (Å²) in [6.07, 6.45) is 11.0. The second kappa shape index (κ2) is 12.3. The van der Waals surface area contributed by atoms with E-state index in [1.54, 1.807) is 12.1 Å². The van der Waals surface area contributed by atoms with Crippen molar-refractivity contribution in [2.75, 3.05) is 6.61 Å². The molecule has 0 bridgehead atoms. The molecule has 236 valence electrons.